The molecule has 0 saturated carbocycles. The molecule has 7 nitrogen and oxygen atoms in total. The minimum atomic E-state index is -1.09. The van der Waals surface area contributed by atoms with Gasteiger partial charge in [-0.3, -0.25) is 14.6 Å². The molecule has 1 aromatic carbocycles. The maximum absolute atomic E-state index is 13.5. The van der Waals surface area contributed by atoms with Gasteiger partial charge < -0.3 is 9.88 Å². The summed E-state index contributed by atoms with van der Waals surface area (Å²) in [6, 6.07) is 11.6. The number of hydrogen-bond donors (Lipinski definition) is 1. The normalized spacial score (nSPS) is 22.0. The van der Waals surface area contributed by atoms with Crippen molar-refractivity contribution < 1.29 is 9.59 Å². The van der Waals surface area contributed by atoms with Crippen LogP contribution < -0.4 is 0 Å². The number of H-pyrrole nitrogens is 1. The first kappa shape index (κ1) is 16.7. The average Bonchev–Trinajstić information content (AvgIpc) is 3.11. The van der Waals surface area contributed by atoms with Crippen LogP contribution in [0.15, 0.2) is 53.9 Å². The predicted molar refractivity (Wildman–Crippen MR) is 105 cm³/mol. The fourth-order valence-corrected chi connectivity index (χ4v) is 4.27. The Kier molecular flexibility index (Phi) is 3.58. The first-order valence-corrected chi connectivity index (χ1v) is 9.25. The summed E-state index contributed by atoms with van der Waals surface area (Å²) in [6.07, 6.45) is 5.63. The van der Waals surface area contributed by atoms with E-state index >= 15 is 0 Å². The zero-order chi connectivity index (χ0) is 19.3. The lowest BCUT2D eigenvalue weighted by Crippen LogP contribution is -2.65. The molecule has 2 aromatic heterocycles. The maximum atomic E-state index is 13.5. The van der Waals surface area contributed by atoms with Gasteiger partial charge in [0.2, 0.25) is 5.91 Å². The molecule has 0 spiro atoms. The molecule has 0 unspecified atom stereocenters. The number of aromatic nitrogens is 2. The SMILES string of the molecule is C[C@@]12C(=O)N(/N=C/c3ccncc3)CC(=O)N1CCc1c2[nH]c2ccccc12. The van der Waals surface area contributed by atoms with Crippen LogP contribution in [-0.2, 0) is 21.5 Å². The number of rotatable bonds is 2. The summed E-state index contributed by atoms with van der Waals surface area (Å²) in [4.78, 5) is 35.4. The summed E-state index contributed by atoms with van der Waals surface area (Å²) >= 11 is 0. The molecule has 1 atom stereocenters. The van der Waals surface area contributed by atoms with Gasteiger partial charge in [-0.15, -0.1) is 0 Å². The van der Waals surface area contributed by atoms with E-state index in [0.717, 1.165) is 34.1 Å². The standard InChI is InChI=1S/C21H19N5O2/c1-21-19-16(15-4-2-3-5-17(15)24-19)8-11-25(21)18(27)13-26(20(21)28)23-12-14-6-9-22-10-7-14/h2-7,9-10,12,24H,8,11,13H2,1H3/b23-12+/t21-/m1/s1. The highest BCUT2D eigenvalue weighted by Crippen LogP contribution is 2.41. The van der Waals surface area contributed by atoms with Gasteiger partial charge >= 0.3 is 0 Å². The number of fused-ring (bicyclic) bond motifs is 5. The molecule has 4 heterocycles. The van der Waals surface area contributed by atoms with Crippen molar-refractivity contribution >= 4 is 28.9 Å². The number of nitrogens with zero attached hydrogens (tertiary/aromatic N) is 4. The summed E-state index contributed by atoms with van der Waals surface area (Å²) in [6.45, 7) is 2.29. The van der Waals surface area contributed by atoms with Crippen LogP contribution in [0.25, 0.3) is 10.9 Å². The van der Waals surface area contributed by atoms with E-state index in [9.17, 15) is 9.59 Å². The van der Waals surface area contributed by atoms with Crippen molar-refractivity contribution in [2.45, 2.75) is 18.9 Å². The summed E-state index contributed by atoms with van der Waals surface area (Å²) < 4.78 is 0. The summed E-state index contributed by atoms with van der Waals surface area (Å²) in [7, 11) is 0. The Morgan fingerprint density at radius 2 is 1.96 bits per heavy atom. The number of piperazine rings is 1. The molecular weight excluding hydrogens is 354 g/mol. The Morgan fingerprint density at radius 1 is 1.18 bits per heavy atom. The van der Waals surface area contributed by atoms with Crippen LogP contribution in [0.5, 0.6) is 0 Å². The monoisotopic (exact) mass is 373 g/mol. The van der Waals surface area contributed by atoms with Crippen molar-refractivity contribution in [1.82, 2.24) is 19.9 Å². The number of carbonyl (C=O) groups is 2. The molecule has 0 aliphatic carbocycles. The fraction of sp³-hybridized carbons (Fsp3) is 0.238. The van der Waals surface area contributed by atoms with Gasteiger partial charge in [-0.25, -0.2) is 5.01 Å². The second-order valence-electron chi connectivity index (χ2n) is 7.28. The number of carbonyl (C=O) groups excluding carboxylic acids is 2. The lowest BCUT2D eigenvalue weighted by molar-refractivity contribution is -0.165. The Bertz CT molecular complexity index is 1120. The Balaban J connectivity index is 1.59. The molecule has 1 saturated heterocycles. The van der Waals surface area contributed by atoms with Crippen LogP contribution in [0.1, 0.15) is 23.7 Å². The Morgan fingerprint density at radius 3 is 2.79 bits per heavy atom. The molecule has 2 aliphatic heterocycles. The van der Waals surface area contributed by atoms with Gasteiger partial charge in [0.05, 0.1) is 11.9 Å². The Hall–Kier alpha value is -3.48. The molecule has 7 heteroatoms. The summed E-state index contributed by atoms with van der Waals surface area (Å²) in [5.74, 6) is -0.303. The van der Waals surface area contributed by atoms with Crippen molar-refractivity contribution in [1.29, 1.82) is 0 Å². The highest BCUT2D eigenvalue weighted by molar-refractivity contribution is 6.01. The molecule has 1 fully saturated rings. The zero-order valence-electron chi connectivity index (χ0n) is 15.4. The molecule has 3 aromatic rings. The van der Waals surface area contributed by atoms with Crippen molar-refractivity contribution in [2.24, 2.45) is 5.10 Å². The molecule has 2 aliphatic rings. The molecule has 2 amide bonds. The fourth-order valence-electron chi connectivity index (χ4n) is 4.27. The van der Waals surface area contributed by atoms with Crippen LogP contribution in [0, 0.1) is 0 Å². The number of aromatic amines is 1. The van der Waals surface area contributed by atoms with E-state index in [-0.39, 0.29) is 18.4 Å². The molecular formula is C21H19N5O2. The highest BCUT2D eigenvalue weighted by Gasteiger charge is 2.54. The van der Waals surface area contributed by atoms with Crippen LogP contribution >= 0.6 is 0 Å². The number of para-hydroxylation sites is 1. The van der Waals surface area contributed by atoms with E-state index in [4.69, 9.17) is 0 Å². The molecule has 1 N–H and O–H groups in total. The van der Waals surface area contributed by atoms with Crippen molar-refractivity contribution in [3.05, 3.63) is 65.6 Å². The maximum Gasteiger partial charge on any atom is 0.275 e. The molecule has 5 rings (SSSR count). The van der Waals surface area contributed by atoms with E-state index in [1.54, 1.807) is 35.6 Å². The van der Waals surface area contributed by atoms with Crippen LogP contribution in [-0.4, -0.2) is 51.0 Å². The lowest BCUT2D eigenvalue weighted by atomic mass is 9.83. The van der Waals surface area contributed by atoms with Crippen molar-refractivity contribution in [3.63, 3.8) is 0 Å². The summed E-state index contributed by atoms with van der Waals surface area (Å²) in [5.41, 5.74) is 2.61. The van der Waals surface area contributed by atoms with Crippen LogP contribution in [0.4, 0.5) is 0 Å². The highest BCUT2D eigenvalue weighted by atomic mass is 16.2. The average molecular weight is 373 g/mol. The smallest absolute Gasteiger partial charge is 0.275 e. The summed E-state index contributed by atoms with van der Waals surface area (Å²) in [5, 5.41) is 6.70. The van der Waals surface area contributed by atoms with Gasteiger partial charge in [0, 0.05) is 29.8 Å². The molecule has 140 valence electrons. The molecule has 0 bridgehead atoms. The van der Waals surface area contributed by atoms with Crippen molar-refractivity contribution in [3.8, 4) is 0 Å². The van der Waals surface area contributed by atoms with Gasteiger partial charge in [0.25, 0.3) is 5.91 Å². The first-order valence-electron chi connectivity index (χ1n) is 9.25. The number of amides is 2. The van der Waals surface area contributed by atoms with Crippen molar-refractivity contribution in [2.75, 3.05) is 13.1 Å². The van der Waals surface area contributed by atoms with E-state index in [0.29, 0.717) is 6.54 Å². The van der Waals surface area contributed by atoms with E-state index in [1.807, 2.05) is 25.1 Å². The minimum Gasteiger partial charge on any atom is -0.356 e. The second-order valence-corrected chi connectivity index (χ2v) is 7.28. The van der Waals surface area contributed by atoms with E-state index in [2.05, 4.69) is 21.1 Å². The molecule has 0 radical (unpaired) electrons. The predicted octanol–water partition coefficient (Wildman–Crippen LogP) is 2.04. The zero-order valence-corrected chi connectivity index (χ0v) is 15.4. The van der Waals surface area contributed by atoms with Crippen LogP contribution in [0.3, 0.4) is 0 Å². The number of nitrogens with one attached hydrogen (secondary N) is 1. The molecule has 28 heavy (non-hydrogen) atoms. The third-order valence-corrected chi connectivity index (χ3v) is 5.71. The number of benzene rings is 1. The van der Waals surface area contributed by atoms with Gasteiger partial charge in [-0.1, -0.05) is 18.2 Å². The Labute approximate surface area is 161 Å². The minimum absolute atomic E-state index is 0.0500. The van der Waals surface area contributed by atoms with E-state index in [1.165, 1.54) is 5.01 Å². The first-order chi connectivity index (χ1) is 13.6. The number of hydrazone groups is 1. The van der Waals surface area contributed by atoms with E-state index < -0.39 is 5.54 Å². The lowest BCUT2D eigenvalue weighted by Gasteiger charge is -2.48. The van der Waals surface area contributed by atoms with Gasteiger partial charge in [0.15, 0.2) is 5.54 Å². The van der Waals surface area contributed by atoms with Crippen LogP contribution in [0.2, 0.25) is 0 Å². The topological polar surface area (TPSA) is 81.7 Å². The number of pyridine rings is 1. The third kappa shape index (κ3) is 2.29. The second kappa shape index (κ2) is 6.02. The third-order valence-electron chi connectivity index (χ3n) is 5.71. The van der Waals surface area contributed by atoms with Gasteiger partial charge in [-0.05, 0) is 42.7 Å². The number of hydrogen-bond acceptors (Lipinski definition) is 4. The van der Waals surface area contributed by atoms with Gasteiger partial charge in [-0.2, -0.15) is 5.10 Å². The quantitative estimate of drug-likeness (QED) is 0.698. The largest absolute Gasteiger partial charge is 0.356 e. The van der Waals surface area contributed by atoms with Gasteiger partial charge in [0.1, 0.15) is 6.54 Å².